The van der Waals surface area contributed by atoms with Crippen molar-refractivity contribution in [3.63, 3.8) is 0 Å². The maximum absolute atomic E-state index is 12.2. The number of carbonyl (C=O) groups is 2. The van der Waals surface area contributed by atoms with E-state index in [0.717, 1.165) is 37.7 Å². The van der Waals surface area contributed by atoms with Crippen LogP contribution in [0.3, 0.4) is 0 Å². The lowest BCUT2D eigenvalue weighted by Gasteiger charge is -2.35. The number of carboxylic acid groups (broad SMARTS) is 1. The van der Waals surface area contributed by atoms with Gasteiger partial charge < -0.3 is 15.2 Å². The van der Waals surface area contributed by atoms with Crippen LogP contribution in [0.5, 0.6) is 0 Å². The lowest BCUT2D eigenvalue weighted by Crippen LogP contribution is -2.42. The summed E-state index contributed by atoms with van der Waals surface area (Å²) in [5.74, 6) is -0.661. The number of hydrogen-bond donors (Lipinski definition) is 2. The average Bonchev–Trinajstić information content (AvgIpc) is 2.79. The molecule has 2 aromatic rings. The number of carboxylic acids is 1. The smallest absolute Gasteiger partial charge is 0.326 e. The van der Waals surface area contributed by atoms with Gasteiger partial charge >= 0.3 is 5.97 Å². The molecule has 0 radical (unpaired) electrons. The van der Waals surface area contributed by atoms with E-state index >= 15 is 0 Å². The second-order valence-electron chi connectivity index (χ2n) is 9.39. The fraction of sp³-hybridized carbons (Fsp3) is 0.519. The van der Waals surface area contributed by atoms with E-state index in [1.165, 1.54) is 36.2 Å². The van der Waals surface area contributed by atoms with Gasteiger partial charge in [0, 0.05) is 24.4 Å². The van der Waals surface area contributed by atoms with E-state index in [4.69, 9.17) is 9.72 Å². The summed E-state index contributed by atoms with van der Waals surface area (Å²) >= 11 is 0. The first-order chi connectivity index (χ1) is 16.1. The molecule has 6 heteroatoms. The zero-order valence-corrected chi connectivity index (χ0v) is 19.2. The van der Waals surface area contributed by atoms with Crippen molar-refractivity contribution in [1.82, 2.24) is 10.3 Å². The molecule has 2 aliphatic carbocycles. The van der Waals surface area contributed by atoms with Gasteiger partial charge in [-0.15, -0.1) is 0 Å². The number of benzene rings is 1. The van der Waals surface area contributed by atoms with Crippen LogP contribution in [0.2, 0.25) is 0 Å². The lowest BCUT2D eigenvalue weighted by atomic mass is 9.79. The highest BCUT2D eigenvalue weighted by molar-refractivity contribution is 5.84. The van der Waals surface area contributed by atoms with Gasteiger partial charge in [-0.05, 0) is 74.5 Å². The van der Waals surface area contributed by atoms with Crippen molar-refractivity contribution in [2.45, 2.75) is 76.4 Å². The molecule has 33 heavy (non-hydrogen) atoms. The summed E-state index contributed by atoms with van der Waals surface area (Å²) in [4.78, 5) is 28.6. The molecule has 176 valence electrons. The Balaban J connectivity index is 1.12. The fourth-order valence-corrected chi connectivity index (χ4v) is 4.80. The molecule has 2 aliphatic rings. The maximum atomic E-state index is 12.2. The molecule has 0 aliphatic heterocycles. The number of aromatic nitrogens is 1. The maximum Gasteiger partial charge on any atom is 0.326 e. The van der Waals surface area contributed by atoms with E-state index in [1.54, 1.807) is 0 Å². The van der Waals surface area contributed by atoms with Crippen LogP contribution < -0.4 is 5.32 Å². The molecule has 1 saturated carbocycles. The Morgan fingerprint density at radius 2 is 1.88 bits per heavy atom. The van der Waals surface area contributed by atoms with Gasteiger partial charge in [0.05, 0.1) is 12.5 Å². The molecular formula is C27H34N2O4. The first-order valence-corrected chi connectivity index (χ1v) is 12.2. The van der Waals surface area contributed by atoms with Gasteiger partial charge in [-0.25, -0.2) is 4.79 Å². The number of hydrogen-bond acceptors (Lipinski definition) is 4. The molecule has 2 N–H and O–H groups in total. The Bertz CT molecular complexity index is 940. The van der Waals surface area contributed by atoms with Crippen molar-refractivity contribution < 1.29 is 19.4 Å². The molecule has 0 unspecified atom stereocenters. The minimum Gasteiger partial charge on any atom is -0.480 e. The highest BCUT2D eigenvalue weighted by Gasteiger charge is 2.30. The number of nitrogens with zero attached hydrogens (tertiary/aromatic N) is 1. The molecule has 6 nitrogen and oxygen atoms in total. The predicted octanol–water partition coefficient (Wildman–Crippen LogP) is 3.89. The van der Waals surface area contributed by atoms with Crippen LogP contribution >= 0.6 is 0 Å². The van der Waals surface area contributed by atoms with Crippen LogP contribution in [0.15, 0.2) is 42.5 Å². The second-order valence-corrected chi connectivity index (χ2v) is 9.39. The van der Waals surface area contributed by atoms with Gasteiger partial charge in [-0.2, -0.15) is 0 Å². The number of amides is 1. The van der Waals surface area contributed by atoms with Gasteiger partial charge in [0.15, 0.2) is 0 Å². The van der Waals surface area contributed by atoms with Crippen LogP contribution in [0.1, 0.15) is 61.0 Å². The van der Waals surface area contributed by atoms with Crippen molar-refractivity contribution in [3.8, 4) is 0 Å². The summed E-state index contributed by atoms with van der Waals surface area (Å²) in [7, 11) is 0. The van der Waals surface area contributed by atoms with Crippen LogP contribution in [-0.2, 0) is 40.0 Å². The quantitative estimate of drug-likeness (QED) is 0.542. The van der Waals surface area contributed by atoms with Crippen molar-refractivity contribution in [3.05, 3.63) is 65.0 Å². The van der Waals surface area contributed by atoms with Crippen LogP contribution in [0.4, 0.5) is 0 Å². The summed E-state index contributed by atoms with van der Waals surface area (Å²) < 4.78 is 5.88. The van der Waals surface area contributed by atoms with Gasteiger partial charge in [0.1, 0.15) is 6.04 Å². The minimum absolute atomic E-state index is 0.175. The number of ether oxygens (including phenoxy) is 1. The molecule has 4 rings (SSSR count). The number of pyridine rings is 1. The summed E-state index contributed by atoms with van der Waals surface area (Å²) in [5.41, 5.74) is 4.80. The molecule has 0 saturated heterocycles. The molecular weight excluding hydrogens is 416 g/mol. The first-order valence-electron chi connectivity index (χ1n) is 12.2. The van der Waals surface area contributed by atoms with Gasteiger partial charge in [0.25, 0.3) is 0 Å². The van der Waals surface area contributed by atoms with E-state index in [9.17, 15) is 14.7 Å². The van der Waals surface area contributed by atoms with Crippen LogP contribution in [0.25, 0.3) is 0 Å². The standard InChI is InChI=1S/C27H34N2O4/c30-26(18-19-6-2-1-3-7-19)29-25(27(31)32)14-15-33-23-16-20(17-23)10-12-22-13-11-21-8-4-5-9-24(21)28-22/h1-3,6-7,11,13,20,23,25H,4-5,8-10,12,14-18H2,(H,29,30)(H,31,32)/t20?,23?,25-/m0/s1. The van der Waals surface area contributed by atoms with E-state index in [-0.39, 0.29) is 24.9 Å². The van der Waals surface area contributed by atoms with Gasteiger partial charge in [-0.3, -0.25) is 9.78 Å². The van der Waals surface area contributed by atoms with Gasteiger partial charge in [0.2, 0.25) is 5.91 Å². The first kappa shape index (κ1) is 23.4. The Hall–Kier alpha value is -2.73. The van der Waals surface area contributed by atoms with Crippen molar-refractivity contribution >= 4 is 11.9 Å². The molecule has 0 spiro atoms. The Morgan fingerprint density at radius 3 is 2.67 bits per heavy atom. The molecule has 1 aromatic heterocycles. The summed E-state index contributed by atoms with van der Waals surface area (Å²) in [6.07, 6.45) is 9.64. The third kappa shape index (κ3) is 6.87. The molecule has 1 amide bonds. The normalized spacial score (nSPS) is 20.4. The third-order valence-corrected chi connectivity index (χ3v) is 6.84. The largest absolute Gasteiger partial charge is 0.480 e. The van der Waals surface area contributed by atoms with Crippen LogP contribution in [-0.4, -0.2) is 40.7 Å². The number of aryl methyl sites for hydroxylation is 3. The summed E-state index contributed by atoms with van der Waals surface area (Å²) in [6.45, 7) is 0.340. The van der Waals surface area contributed by atoms with E-state index in [0.29, 0.717) is 12.5 Å². The average molecular weight is 451 g/mol. The third-order valence-electron chi connectivity index (χ3n) is 6.84. The second kappa shape index (κ2) is 11.4. The zero-order valence-electron chi connectivity index (χ0n) is 19.2. The monoisotopic (exact) mass is 450 g/mol. The highest BCUT2D eigenvalue weighted by atomic mass is 16.5. The van der Waals surface area contributed by atoms with Crippen molar-refractivity contribution in [2.75, 3.05) is 6.61 Å². The molecule has 1 atom stereocenters. The Labute approximate surface area is 195 Å². The number of aliphatic carboxylic acids is 1. The molecule has 0 bridgehead atoms. The lowest BCUT2D eigenvalue weighted by molar-refractivity contribution is -0.142. The van der Waals surface area contributed by atoms with E-state index in [2.05, 4.69) is 17.4 Å². The number of rotatable bonds is 11. The molecule has 1 fully saturated rings. The number of nitrogens with one attached hydrogen (secondary N) is 1. The summed E-state index contributed by atoms with van der Waals surface area (Å²) in [6, 6.07) is 12.8. The van der Waals surface area contributed by atoms with E-state index in [1.807, 2.05) is 30.3 Å². The minimum atomic E-state index is -1.02. The Morgan fingerprint density at radius 1 is 1.09 bits per heavy atom. The van der Waals surface area contributed by atoms with E-state index < -0.39 is 12.0 Å². The molecule has 1 aromatic carbocycles. The van der Waals surface area contributed by atoms with Crippen LogP contribution in [0, 0.1) is 5.92 Å². The predicted molar refractivity (Wildman–Crippen MR) is 126 cm³/mol. The SMILES string of the molecule is O=C(Cc1ccccc1)N[C@@H](CCOC1CC(CCc2ccc3c(n2)CCCC3)C1)C(=O)O. The highest BCUT2D eigenvalue weighted by Crippen LogP contribution is 2.34. The topological polar surface area (TPSA) is 88.5 Å². The number of fused-ring (bicyclic) bond motifs is 1. The number of carbonyl (C=O) groups excluding carboxylic acids is 1. The van der Waals surface area contributed by atoms with Crippen molar-refractivity contribution in [2.24, 2.45) is 5.92 Å². The molecule has 1 heterocycles. The zero-order chi connectivity index (χ0) is 23.0. The van der Waals surface area contributed by atoms with Crippen molar-refractivity contribution in [1.29, 1.82) is 0 Å². The fourth-order valence-electron chi connectivity index (χ4n) is 4.80. The summed E-state index contributed by atoms with van der Waals surface area (Å²) in [5, 5.41) is 12.1. The van der Waals surface area contributed by atoms with Gasteiger partial charge in [-0.1, -0.05) is 36.4 Å². The Kier molecular flexibility index (Phi) is 8.10.